The molecule has 21 heteroatoms. The first-order chi connectivity index (χ1) is 28.1. The molecule has 0 aliphatic carbocycles. The fraction of sp³-hybridized carbons (Fsp3) is 0.410. The largest absolute Gasteiger partial charge is 0.490 e. The average molecular weight is 849 g/mol. The third-order valence-electron chi connectivity index (χ3n) is 9.39. The summed E-state index contributed by atoms with van der Waals surface area (Å²) in [7, 11) is 0. The zero-order valence-corrected chi connectivity index (χ0v) is 32.9. The lowest BCUT2D eigenvalue weighted by atomic mass is 9.84. The number of nitrogens with one attached hydrogen (secondary N) is 1. The molecule has 1 saturated heterocycles. The molecule has 1 fully saturated rings. The lowest BCUT2D eigenvalue weighted by Crippen LogP contribution is -2.58. The number of aliphatic hydroxyl groups is 1. The van der Waals surface area contributed by atoms with Crippen LogP contribution in [0.2, 0.25) is 0 Å². The highest BCUT2D eigenvalue weighted by molar-refractivity contribution is 6.14. The molecule has 2 aliphatic rings. The number of hydrogen-bond acceptors (Lipinski definition) is 10. The molecule has 5 N–H and O–H groups in total. The first kappa shape index (κ1) is 46.6. The highest BCUT2D eigenvalue weighted by Crippen LogP contribution is 2.39. The van der Waals surface area contributed by atoms with Gasteiger partial charge in [-0.3, -0.25) is 34.3 Å². The fourth-order valence-electron chi connectivity index (χ4n) is 6.40. The molecule has 1 aromatic heterocycles. The van der Waals surface area contributed by atoms with E-state index >= 15 is 0 Å². The molecule has 3 aromatic rings. The minimum absolute atomic E-state index is 0.000687. The molecule has 2 aliphatic heterocycles. The van der Waals surface area contributed by atoms with E-state index in [0.29, 0.717) is 12.4 Å². The number of amides is 5. The number of hydrazine groups is 1. The Morgan fingerprint density at radius 1 is 0.950 bits per heavy atom. The van der Waals surface area contributed by atoms with Gasteiger partial charge in [-0.25, -0.2) is 23.6 Å². The Labute approximate surface area is 341 Å². The number of carbonyl (C=O) groups is 6. The number of hydrogen-bond donors (Lipinski definition) is 4. The van der Waals surface area contributed by atoms with Gasteiger partial charge in [0.15, 0.2) is 0 Å². The minimum atomic E-state index is -5.08. The number of benzene rings is 2. The molecule has 0 bridgehead atoms. The number of aromatic nitrogens is 2. The number of alkyl halides is 3. The number of carboxylic acids is 1. The van der Waals surface area contributed by atoms with Gasteiger partial charge in [0.25, 0.3) is 17.7 Å². The van der Waals surface area contributed by atoms with Gasteiger partial charge in [-0.15, -0.1) is 0 Å². The molecule has 5 rings (SSSR count). The predicted octanol–water partition coefficient (Wildman–Crippen LogP) is 2.24. The van der Waals surface area contributed by atoms with Crippen LogP contribution in [0.1, 0.15) is 44.6 Å². The van der Waals surface area contributed by atoms with Crippen LogP contribution in [-0.2, 0) is 35.3 Å². The van der Waals surface area contributed by atoms with Crippen LogP contribution in [0.15, 0.2) is 66.9 Å². The Morgan fingerprint density at radius 3 is 2.10 bits per heavy atom. The van der Waals surface area contributed by atoms with E-state index in [0.717, 1.165) is 40.8 Å². The van der Waals surface area contributed by atoms with Gasteiger partial charge in [0.05, 0.1) is 17.8 Å². The summed E-state index contributed by atoms with van der Waals surface area (Å²) in [6.07, 6.45) is -1.25. The maximum Gasteiger partial charge on any atom is 0.490 e. The van der Waals surface area contributed by atoms with Crippen LogP contribution < -0.4 is 11.2 Å². The molecule has 16 nitrogen and oxygen atoms in total. The van der Waals surface area contributed by atoms with Crippen molar-refractivity contribution in [3.63, 3.8) is 0 Å². The molecule has 2 aromatic carbocycles. The molecular weight excluding hydrogens is 803 g/mol. The van der Waals surface area contributed by atoms with Gasteiger partial charge in [-0.2, -0.15) is 13.2 Å². The van der Waals surface area contributed by atoms with Crippen LogP contribution >= 0.6 is 0 Å². The van der Waals surface area contributed by atoms with E-state index in [9.17, 15) is 51.0 Å². The Bertz CT molecular complexity index is 2060. The smallest absolute Gasteiger partial charge is 0.475 e. The van der Waals surface area contributed by atoms with E-state index in [-0.39, 0.29) is 56.9 Å². The second kappa shape index (κ2) is 19.8. The van der Waals surface area contributed by atoms with Gasteiger partial charge < -0.3 is 30.3 Å². The third kappa shape index (κ3) is 12.2. The predicted molar refractivity (Wildman–Crippen MR) is 203 cm³/mol. The maximum atomic E-state index is 15.0. The van der Waals surface area contributed by atoms with Crippen LogP contribution in [0.5, 0.6) is 0 Å². The minimum Gasteiger partial charge on any atom is -0.475 e. The van der Waals surface area contributed by atoms with Crippen molar-refractivity contribution < 1.29 is 60.9 Å². The normalized spacial score (nSPS) is 15.6. The summed E-state index contributed by atoms with van der Waals surface area (Å²) >= 11 is 0. The third-order valence-corrected chi connectivity index (χ3v) is 9.39. The first-order valence-corrected chi connectivity index (χ1v) is 18.5. The van der Waals surface area contributed by atoms with Crippen molar-refractivity contribution in [1.29, 1.82) is 0 Å². The van der Waals surface area contributed by atoms with Crippen LogP contribution in [0.3, 0.4) is 0 Å². The topological polar surface area (TPSA) is 212 Å². The van der Waals surface area contributed by atoms with E-state index in [1.165, 1.54) is 9.80 Å². The molecule has 0 saturated carbocycles. The highest BCUT2D eigenvalue weighted by atomic mass is 19.4. The number of nitrogens with two attached hydrogens (primary N) is 1. The van der Waals surface area contributed by atoms with Crippen molar-refractivity contribution in [1.82, 2.24) is 34.7 Å². The summed E-state index contributed by atoms with van der Waals surface area (Å²) in [4.78, 5) is 80.5. The van der Waals surface area contributed by atoms with Crippen molar-refractivity contribution in [2.75, 3.05) is 45.9 Å². The number of rotatable bonds is 13. The number of carbonyl (C=O) groups excluding carboxylic acids is 5. The molecule has 324 valence electrons. The summed E-state index contributed by atoms with van der Waals surface area (Å²) in [5.41, 5.74) is 9.38. The monoisotopic (exact) mass is 848 g/mol. The molecule has 60 heavy (non-hydrogen) atoms. The summed E-state index contributed by atoms with van der Waals surface area (Å²) < 4.78 is 62.8. The molecule has 2 atom stereocenters. The fourth-order valence-corrected chi connectivity index (χ4v) is 6.40. The van der Waals surface area contributed by atoms with Gasteiger partial charge in [0.1, 0.15) is 30.6 Å². The Kier molecular flexibility index (Phi) is 15.4. The number of nitrogens with zero attached hydrogens (tertiary/aromatic N) is 6. The van der Waals surface area contributed by atoms with Crippen molar-refractivity contribution in [3.05, 3.63) is 89.9 Å². The zero-order chi connectivity index (χ0) is 44.5. The van der Waals surface area contributed by atoms with E-state index in [1.54, 1.807) is 15.8 Å². The van der Waals surface area contributed by atoms with Gasteiger partial charge >= 0.3 is 12.1 Å². The summed E-state index contributed by atoms with van der Waals surface area (Å²) in [5.74, 6) is -6.35. The standard InChI is InChI=1S/C37H44F2N8O6.C2HF3O2/c1-37(2,3)34(35-41-29(26-19-25(38)9-10-27(26)39)21-44(35)20-24-7-5-4-6-8-24)46(33(52)23-48)14-13-28(40)36(53)42-45-17-15-43(16-18-45)32(51)22-47-30(49)11-12-31(47)50;3-2(4,5)1(6)7/h4-12,19,21,28,34,48H,13-18,20,22-23,40H2,1-3H3,(H,42,53);(H,6,7)/t28-,34-;/m0./s1. The van der Waals surface area contributed by atoms with Crippen LogP contribution in [0, 0.1) is 17.0 Å². The second-order valence-corrected chi connectivity index (χ2v) is 14.9. The summed E-state index contributed by atoms with van der Waals surface area (Å²) in [5, 5.41) is 18.8. The lowest BCUT2D eigenvalue weighted by molar-refractivity contribution is -0.192. The van der Waals surface area contributed by atoms with Gasteiger partial charge in [-0.05, 0) is 35.6 Å². The van der Waals surface area contributed by atoms with E-state index in [2.05, 4.69) is 5.43 Å². The number of aliphatic hydroxyl groups excluding tert-OH is 1. The van der Waals surface area contributed by atoms with Crippen molar-refractivity contribution in [2.24, 2.45) is 11.1 Å². The van der Waals surface area contributed by atoms with Crippen LogP contribution in [-0.4, -0.2) is 133 Å². The number of piperazine rings is 1. The zero-order valence-electron chi connectivity index (χ0n) is 32.9. The van der Waals surface area contributed by atoms with E-state index in [4.69, 9.17) is 20.6 Å². The first-order valence-electron chi connectivity index (χ1n) is 18.5. The van der Waals surface area contributed by atoms with Gasteiger partial charge in [0, 0.05) is 63.2 Å². The number of halogens is 5. The van der Waals surface area contributed by atoms with Crippen molar-refractivity contribution >= 4 is 35.5 Å². The molecule has 0 unspecified atom stereocenters. The Hall–Kier alpha value is -6.06. The quantitative estimate of drug-likeness (QED) is 0.145. The summed E-state index contributed by atoms with van der Waals surface area (Å²) in [6.45, 7) is 5.70. The van der Waals surface area contributed by atoms with Crippen LogP contribution in [0.25, 0.3) is 11.3 Å². The highest BCUT2D eigenvalue weighted by Gasteiger charge is 2.40. The molecule has 3 heterocycles. The Balaban J connectivity index is 0.00000104. The number of imidazole rings is 1. The lowest BCUT2D eigenvalue weighted by Gasteiger charge is -2.40. The van der Waals surface area contributed by atoms with Gasteiger partial charge in [-0.1, -0.05) is 51.1 Å². The number of carboxylic acid groups (broad SMARTS) is 1. The number of aliphatic carboxylic acids is 1. The molecular formula is C39H45F5N8O8. The van der Waals surface area contributed by atoms with Crippen molar-refractivity contribution in [2.45, 2.75) is 52.0 Å². The maximum absolute atomic E-state index is 15.0. The molecule has 0 radical (unpaired) electrons. The second-order valence-electron chi connectivity index (χ2n) is 14.9. The van der Waals surface area contributed by atoms with Gasteiger partial charge in [0.2, 0.25) is 11.8 Å². The SMILES string of the molecule is CC(C)(C)[C@H](c1nc(-c2cc(F)ccc2F)cn1Cc1ccccc1)N(CC[C@H](N)C(=O)NN1CCN(C(=O)CN2C(=O)C=CC2=O)CC1)C(=O)CO.O=C(O)C(F)(F)F. The summed E-state index contributed by atoms with van der Waals surface area (Å²) in [6, 6.07) is 10.6. The van der Waals surface area contributed by atoms with Crippen molar-refractivity contribution in [3.8, 4) is 11.3 Å². The molecule has 0 spiro atoms. The molecule has 5 amide bonds. The van der Waals surface area contributed by atoms with Crippen LogP contribution in [0.4, 0.5) is 22.0 Å². The Morgan fingerprint density at radius 2 is 1.55 bits per heavy atom. The van der Waals surface area contributed by atoms with E-state index < -0.39 is 77.4 Å². The average Bonchev–Trinajstić information content (AvgIpc) is 3.74. The number of imide groups is 1. The van der Waals surface area contributed by atoms with E-state index in [1.807, 2.05) is 51.1 Å².